The van der Waals surface area contributed by atoms with Crippen molar-refractivity contribution in [1.82, 2.24) is 10.2 Å². The molecule has 0 aromatic rings. The molecule has 0 amide bonds. The SMILES string of the molecule is O.O=C(O)CN1CCNCC1. The second kappa shape index (κ2) is 5.06. The maximum atomic E-state index is 10.2. The smallest absolute Gasteiger partial charge is 0.317 e. The Morgan fingerprint density at radius 2 is 2.00 bits per heavy atom. The van der Waals surface area contributed by atoms with Crippen LogP contribution in [0.15, 0.2) is 0 Å². The number of piperazine rings is 1. The first-order chi connectivity index (χ1) is 4.79. The standard InChI is InChI=1S/C6H12N2O2.H2O/c9-6(10)5-8-3-1-7-2-4-8;/h7H,1-5H2,(H,9,10);1H2. The minimum atomic E-state index is -0.734. The highest BCUT2D eigenvalue weighted by molar-refractivity contribution is 5.69. The van der Waals surface area contributed by atoms with Gasteiger partial charge < -0.3 is 15.9 Å². The van der Waals surface area contributed by atoms with Crippen LogP contribution in [0.25, 0.3) is 0 Å². The van der Waals surface area contributed by atoms with Gasteiger partial charge in [-0.15, -0.1) is 0 Å². The summed E-state index contributed by atoms with van der Waals surface area (Å²) in [6.45, 7) is 3.71. The molecule has 5 heteroatoms. The monoisotopic (exact) mass is 162 g/mol. The molecule has 0 aromatic heterocycles. The number of carboxylic acid groups (broad SMARTS) is 1. The van der Waals surface area contributed by atoms with Crippen LogP contribution >= 0.6 is 0 Å². The summed E-state index contributed by atoms with van der Waals surface area (Å²) >= 11 is 0. The van der Waals surface area contributed by atoms with Crippen molar-refractivity contribution in [2.75, 3.05) is 32.7 Å². The van der Waals surface area contributed by atoms with E-state index in [9.17, 15) is 4.79 Å². The highest BCUT2D eigenvalue weighted by Crippen LogP contribution is 1.89. The molecule has 0 unspecified atom stereocenters. The molecule has 0 saturated carbocycles. The van der Waals surface area contributed by atoms with E-state index in [1.807, 2.05) is 4.90 Å². The zero-order chi connectivity index (χ0) is 7.40. The van der Waals surface area contributed by atoms with Crippen LogP contribution in [0.2, 0.25) is 0 Å². The summed E-state index contributed by atoms with van der Waals surface area (Å²) in [7, 11) is 0. The lowest BCUT2D eigenvalue weighted by molar-refractivity contribution is -0.138. The van der Waals surface area contributed by atoms with E-state index >= 15 is 0 Å². The van der Waals surface area contributed by atoms with Gasteiger partial charge in [0.1, 0.15) is 0 Å². The normalized spacial score (nSPS) is 18.9. The Balaban J connectivity index is 0.000001000. The number of nitrogens with one attached hydrogen (secondary N) is 1. The lowest BCUT2D eigenvalue weighted by Gasteiger charge is -2.25. The fourth-order valence-electron chi connectivity index (χ4n) is 1.06. The Hall–Kier alpha value is -0.650. The molecular weight excluding hydrogens is 148 g/mol. The Morgan fingerprint density at radius 1 is 1.45 bits per heavy atom. The summed E-state index contributed by atoms with van der Waals surface area (Å²) in [5, 5.41) is 11.6. The van der Waals surface area contributed by atoms with Crippen molar-refractivity contribution in [2.24, 2.45) is 0 Å². The first kappa shape index (κ1) is 10.3. The summed E-state index contributed by atoms with van der Waals surface area (Å²) in [6, 6.07) is 0. The lowest BCUT2D eigenvalue weighted by atomic mass is 10.3. The first-order valence-corrected chi connectivity index (χ1v) is 3.44. The fraction of sp³-hybridized carbons (Fsp3) is 0.833. The minimum Gasteiger partial charge on any atom is -0.480 e. The van der Waals surface area contributed by atoms with Gasteiger partial charge in [-0.25, -0.2) is 0 Å². The Labute approximate surface area is 65.3 Å². The Kier molecular flexibility index (Phi) is 4.76. The first-order valence-electron chi connectivity index (χ1n) is 3.44. The molecule has 0 spiro atoms. The second-order valence-corrected chi connectivity index (χ2v) is 2.42. The molecule has 5 nitrogen and oxygen atoms in total. The maximum Gasteiger partial charge on any atom is 0.317 e. The van der Waals surface area contributed by atoms with E-state index in [1.165, 1.54) is 0 Å². The molecule has 1 rings (SSSR count). The Morgan fingerprint density at radius 3 is 2.45 bits per heavy atom. The van der Waals surface area contributed by atoms with Crippen molar-refractivity contribution < 1.29 is 15.4 Å². The molecule has 4 N–H and O–H groups in total. The van der Waals surface area contributed by atoms with Gasteiger partial charge in [0.2, 0.25) is 0 Å². The predicted octanol–water partition coefficient (Wildman–Crippen LogP) is -1.85. The van der Waals surface area contributed by atoms with Gasteiger partial charge >= 0.3 is 5.97 Å². The number of carbonyl (C=O) groups is 1. The molecule has 0 aliphatic carbocycles. The average Bonchev–Trinajstić information content (AvgIpc) is 1.88. The quantitative estimate of drug-likeness (QED) is 0.499. The third-order valence-corrected chi connectivity index (χ3v) is 1.57. The van der Waals surface area contributed by atoms with Gasteiger partial charge in [0.05, 0.1) is 6.54 Å². The highest BCUT2D eigenvalue weighted by atomic mass is 16.4. The summed E-state index contributed by atoms with van der Waals surface area (Å²) in [6.07, 6.45) is 0. The van der Waals surface area contributed by atoms with E-state index in [2.05, 4.69) is 5.32 Å². The predicted molar refractivity (Wildman–Crippen MR) is 40.6 cm³/mol. The van der Waals surface area contributed by atoms with Crippen LogP contribution in [-0.4, -0.2) is 54.2 Å². The van der Waals surface area contributed by atoms with Gasteiger partial charge in [-0.1, -0.05) is 0 Å². The zero-order valence-corrected chi connectivity index (χ0v) is 6.34. The molecule has 1 heterocycles. The molecule has 0 bridgehead atoms. The largest absolute Gasteiger partial charge is 0.480 e. The van der Waals surface area contributed by atoms with Crippen LogP contribution in [0.3, 0.4) is 0 Å². The zero-order valence-electron chi connectivity index (χ0n) is 6.34. The van der Waals surface area contributed by atoms with Crippen LogP contribution in [0, 0.1) is 0 Å². The van der Waals surface area contributed by atoms with Crippen LogP contribution in [0.4, 0.5) is 0 Å². The summed E-state index contributed by atoms with van der Waals surface area (Å²) in [5.74, 6) is -0.734. The molecule has 0 atom stereocenters. The van der Waals surface area contributed by atoms with Crippen molar-refractivity contribution in [1.29, 1.82) is 0 Å². The van der Waals surface area contributed by atoms with Gasteiger partial charge in [0.25, 0.3) is 0 Å². The van der Waals surface area contributed by atoms with Crippen molar-refractivity contribution >= 4 is 5.97 Å². The molecule has 1 fully saturated rings. The van der Waals surface area contributed by atoms with Crippen LogP contribution in [-0.2, 0) is 4.79 Å². The van der Waals surface area contributed by atoms with E-state index in [1.54, 1.807) is 0 Å². The van der Waals surface area contributed by atoms with E-state index in [0.29, 0.717) is 0 Å². The van der Waals surface area contributed by atoms with Gasteiger partial charge in [-0.05, 0) is 0 Å². The molecule has 1 aliphatic heterocycles. The lowest BCUT2D eigenvalue weighted by Crippen LogP contribution is -2.45. The van der Waals surface area contributed by atoms with E-state index in [0.717, 1.165) is 26.2 Å². The van der Waals surface area contributed by atoms with Crippen molar-refractivity contribution in [3.63, 3.8) is 0 Å². The molecule has 1 saturated heterocycles. The number of carboxylic acids is 1. The van der Waals surface area contributed by atoms with Crippen LogP contribution in [0.1, 0.15) is 0 Å². The molecule has 11 heavy (non-hydrogen) atoms. The molecule has 1 aliphatic rings. The van der Waals surface area contributed by atoms with Crippen LogP contribution in [0.5, 0.6) is 0 Å². The van der Waals surface area contributed by atoms with Gasteiger partial charge in [-0.3, -0.25) is 9.69 Å². The number of nitrogens with zero attached hydrogens (tertiary/aromatic N) is 1. The molecule has 0 aromatic carbocycles. The second-order valence-electron chi connectivity index (χ2n) is 2.42. The number of rotatable bonds is 2. The maximum absolute atomic E-state index is 10.2. The van der Waals surface area contributed by atoms with Crippen LogP contribution < -0.4 is 5.32 Å². The molecular formula is C6H14N2O3. The number of aliphatic carboxylic acids is 1. The number of hydrogen-bond acceptors (Lipinski definition) is 3. The summed E-state index contributed by atoms with van der Waals surface area (Å²) in [5.41, 5.74) is 0. The third kappa shape index (κ3) is 3.92. The Bertz CT molecular complexity index is 123. The molecule has 66 valence electrons. The minimum absolute atomic E-state index is 0. The fourth-order valence-corrected chi connectivity index (χ4v) is 1.06. The third-order valence-electron chi connectivity index (χ3n) is 1.57. The van der Waals surface area contributed by atoms with Crippen molar-refractivity contribution in [3.05, 3.63) is 0 Å². The average molecular weight is 162 g/mol. The highest BCUT2D eigenvalue weighted by Gasteiger charge is 2.11. The summed E-state index contributed by atoms with van der Waals surface area (Å²) in [4.78, 5) is 12.1. The van der Waals surface area contributed by atoms with Crippen molar-refractivity contribution in [2.45, 2.75) is 0 Å². The van der Waals surface area contributed by atoms with Crippen molar-refractivity contribution in [3.8, 4) is 0 Å². The van der Waals surface area contributed by atoms with E-state index in [4.69, 9.17) is 5.11 Å². The van der Waals surface area contributed by atoms with E-state index < -0.39 is 5.97 Å². The summed E-state index contributed by atoms with van der Waals surface area (Å²) < 4.78 is 0. The molecule has 0 radical (unpaired) electrons. The van der Waals surface area contributed by atoms with E-state index in [-0.39, 0.29) is 12.0 Å². The van der Waals surface area contributed by atoms with Gasteiger partial charge in [-0.2, -0.15) is 0 Å². The topological polar surface area (TPSA) is 84.1 Å². The number of hydrogen-bond donors (Lipinski definition) is 2. The van der Waals surface area contributed by atoms with Gasteiger partial charge in [0, 0.05) is 26.2 Å². The van der Waals surface area contributed by atoms with Gasteiger partial charge in [0.15, 0.2) is 0 Å².